The maximum Gasteiger partial charge on any atom is 0.255 e. The number of piperidine rings is 1. The van der Waals surface area contributed by atoms with Gasteiger partial charge in [0.25, 0.3) is 5.91 Å². The lowest BCUT2D eigenvalue weighted by molar-refractivity contribution is -0.137. The molecule has 0 aromatic heterocycles. The van der Waals surface area contributed by atoms with E-state index in [0.29, 0.717) is 41.5 Å². The molecule has 3 aromatic carbocycles. The average molecular weight is 549 g/mol. The molecule has 5 rings (SSSR count). The van der Waals surface area contributed by atoms with E-state index in [0.717, 1.165) is 24.9 Å². The first-order chi connectivity index (χ1) is 18.7. The van der Waals surface area contributed by atoms with Gasteiger partial charge >= 0.3 is 0 Å². The van der Waals surface area contributed by atoms with Crippen molar-refractivity contribution in [1.29, 1.82) is 0 Å². The van der Waals surface area contributed by atoms with Crippen LogP contribution in [0.1, 0.15) is 42.1 Å². The molecule has 2 aliphatic rings. The predicted octanol–water partition coefficient (Wildman–Crippen LogP) is 4.01. The lowest BCUT2D eigenvalue weighted by Crippen LogP contribution is -2.54. The van der Waals surface area contributed by atoms with E-state index in [1.807, 2.05) is 56.1 Å². The third kappa shape index (κ3) is 5.57. The number of benzene rings is 3. The Morgan fingerprint density at radius 2 is 1.64 bits per heavy atom. The van der Waals surface area contributed by atoms with Gasteiger partial charge in [-0.3, -0.25) is 14.5 Å². The number of carbonyl (C=O) groups excluding carboxylic acids is 2. The monoisotopic (exact) mass is 548 g/mol. The van der Waals surface area contributed by atoms with Crippen LogP contribution in [0.2, 0.25) is 0 Å². The van der Waals surface area contributed by atoms with E-state index < -0.39 is 10.0 Å². The number of sulfonamides is 1. The smallest absolute Gasteiger partial charge is 0.255 e. The lowest BCUT2D eigenvalue weighted by Gasteiger charge is -2.39. The second-order valence-electron chi connectivity index (χ2n) is 10.8. The number of nitrogens with one attached hydrogen (secondary N) is 2. The van der Waals surface area contributed by atoms with Crippen molar-refractivity contribution in [3.8, 4) is 0 Å². The van der Waals surface area contributed by atoms with Gasteiger partial charge in [0, 0.05) is 41.2 Å². The Morgan fingerprint density at radius 1 is 0.923 bits per heavy atom. The molecular weight excluding hydrogens is 512 g/mol. The third-order valence-electron chi connectivity index (χ3n) is 8.14. The fourth-order valence-corrected chi connectivity index (χ4v) is 7.44. The maximum atomic E-state index is 13.6. The molecule has 0 radical (unpaired) electrons. The Kier molecular flexibility index (Phi) is 7.75. The number of amides is 2. The first-order valence-electron chi connectivity index (χ1n) is 13.6. The van der Waals surface area contributed by atoms with Crippen LogP contribution in [-0.2, 0) is 14.8 Å². The van der Waals surface area contributed by atoms with Gasteiger partial charge in [0.1, 0.15) is 0 Å². The molecule has 39 heavy (non-hydrogen) atoms. The van der Waals surface area contributed by atoms with Gasteiger partial charge < -0.3 is 10.2 Å². The standard InChI is InChI=1S/C30H36N4O4S/c1-20-9-4-5-10-22(20)29(35)31-26-14-15-28(24-12-7-6-11-23(24)26)39(37,38)32-25-16-18-34(19-21(25)2)30(36)27-13-8-17-33(27)3/h4-7,9-12,14-15,21,25,27,32H,8,13,16-19H2,1-3H3,(H,31,35)/t21-,25-,27-/m0/s1. The van der Waals surface area contributed by atoms with E-state index in [9.17, 15) is 18.0 Å². The number of likely N-dealkylation sites (N-methyl/N-ethyl adjacent to an activating group) is 1. The molecule has 2 aliphatic heterocycles. The van der Waals surface area contributed by atoms with Crippen molar-refractivity contribution in [3.05, 3.63) is 71.8 Å². The van der Waals surface area contributed by atoms with E-state index in [-0.39, 0.29) is 34.7 Å². The normalized spacial score (nSPS) is 22.2. The summed E-state index contributed by atoms with van der Waals surface area (Å²) in [4.78, 5) is 30.2. The van der Waals surface area contributed by atoms with Crippen LogP contribution in [0, 0.1) is 12.8 Å². The largest absolute Gasteiger partial charge is 0.341 e. The molecule has 2 fully saturated rings. The van der Waals surface area contributed by atoms with Crippen molar-refractivity contribution < 1.29 is 18.0 Å². The molecule has 8 nitrogen and oxygen atoms in total. The summed E-state index contributed by atoms with van der Waals surface area (Å²) in [5.74, 6) is -0.119. The molecule has 2 heterocycles. The second-order valence-corrected chi connectivity index (χ2v) is 12.5. The summed E-state index contributed by atoms with van der Waals surface area (Å²) in [5, 5.41) is 4.14. The molecule has 3 aromatic rings. The molecule has 0 spiro atoms. The summed E-state index contributed by atoms with van der Waals surface area (Å²) in [6, 6.07) is 17.4. The van der Waals surface area contributed by atoms with Gasteiger partial charge in [0.05, 0.1) is 10.9 Å². The van der Waals surface area contributed by atoms with Gasteiger partial charge in [-0.15, -0.1) is 0 Å². The number of hydrogen-bond acceptors (Lipinski definition) is 5. The van der Waals surface area contributed by atoms with Gasteiger partial charge in [-0.1, -0.05) is 49.4 Å². The minimum atomic E-state index is -3.86. The number of carbonyl (C=O) groups is 2. The average Bonchev–Trinajstić information content (AvgIpc) is 3.35. The Hall–Kier alpha value is -3.27. The van der Waals surface area contributed by atoms with Crippen LogP contribution in [0.25, 0.3) is 10.8 Å². The van der Waals surface area contributed by atoms with Crippen LogP contribution in [0.4, 0.5) is 5.69 Å². The molecule has 0 saturated carbocycles. The minimum Gasteiger partial charge on any atom is -0.341 e. The highest BCUT2D eigenvalue weighted by atomic mass is 32.2. The molecule has 9 heteroatoms. The summed E-state index contributed by atoms with van der Waals surface area (Å²) in [6.45, 7) is 5.87. The van der Waals surface area contributed by atoms with Crippen LogP contribution < -0.4 is 10.0 Å². The number of anilines is 1. The molecular formula is C30H36N4O4S. The highest BCUT2D eigenvalue weighted by Gasteiger charge is 2.37. The number of likely N-dealkylation sites (tertiary alicyclic amines) is 2. The van der Waals surface area contributed by atoms with E-state index in [4.69, 9.17) is 0 Å². The zero-order valence-corrected chi connectivity index (χ0v) is 23.5. The molecule has 0 bridgehead atoms. The van der Waals surface area contributed by atoms with Gasteiger partial charge in [0.2, 0.25) is 15.9 Å². The fourth-order valence-electron chi connectivity index (χ4n) is 5.85. The lowest BCUT2D eigenvalue weighted by atomic mass is 9.94. The summed E-state index contributed by atoms with van der Waals surface area (Å²) < 4.78 is 30.2. The maximum absolute atomic E-state index is 13.6. The van der Waals surface area contributed by atoms with Crippen LogP contribution in [0.15, 0.2) is 65.6 Å². The Labute approximate surface area is 230 Å². The molecule has 206 valence electrons. The number of fused-ring (bicyclic) bond motifs is 1. The van der Waals surface area contributed by atoms with Crippen molar-refractivity contribution in [2.45, 2.75) is 50.1 Å². The number of rotatable bonds is 6. The van der Waals surface area contributed by atoms with Crippen molar-refractivity contribution in [2.24, 2.45) is 5.92 Å². The third-order valence-corrected chi connectivity index (χ3v) is 9.69. The summed E-state index contributed by atoms with van der Waals surface area (Å²) in [6.07, 6.45) is 2.47. The number of nitrogens with zero attached hydrogens (tertiary/aromatic N) is 2. The van der Waals surface area contributed by atoms with Crippen molar-refractivity contribution in [3.63, 3.8) is 0 Å². The molecule has 2 saturated heterocycles. The zero-order valence-electron chi connectivity index (χ0n) is 22.7. The Morgan fingerprint density at radius 3 is 2.33 bits per heavy atom. The predicted molar refractivity (Wildman–Crippen MR) is 153 cm³/mol. The second kappa shape index (κ2) is 11.1. The highest BCUT2D eigenvalue weighted by Crippen LogP contribution is 2.31. The first kappa shape index (κ1) is 27.3. The summed E-state index contributed by atoms with van der Waals surface area (Å²) in [5.41, 5.74) is 1.98. The van der Waals surface area contributed by atoms with Crippen LogP contribution in [0.3, 0.4) is 0 Å². The quantitative estimate of drug-likeness (QED) is 0.485. The van der Waals surface area contributed by atoms with E-state index in [1.54, 1.807) is 30.3 Å². The minimum absolute atomic E-state index is 0.0249. The molecule has 3 atom stereocenters. The van der Waals surface area contributed by atoms with E-state index >= 15 is 0 Å². The summed E-state index contributed by atoms with van der Waals surface area (Å²) >= 11 is 0. The zero-order chi connectivity index (χ0) is 27.7. The Balaban J connectivity index is 1.33. The number of aryl methyl sites for hydroxylation is 1. The molecule has 2 amide bonds. The molecule has 0 unspecified atom stereocenters. The van der Waals surface area contributed by atoms with Crippen LogP contribution in [0.5, 0.6) is 0 Å². The van der Waals surface area contributed by atoms with Crippen molar-refractivity contribution in [1.82, 2.24) is 14.5 Å². The fraction of sp³-hybridized carbons (Fsp3) is 0.400. The highest BCUT2D eigenvalue weighted by molar-refractivity contribution is 7.89. The first-order valence-corrected chi connectivity index (χ1v) is 15.0. The van der Waals surface area contributed by atoms with Gasteiger partial charge in [-0.05, 0) is 69.5 Å². The molecule has 2 N–H and O–H groups in total. The summed E-state index contributed by atoms with van der Waals surface area (Å²) in [7, 11) is -1.87. The van der Waals surface area contributed by atoms with Gasteiger partial charge in [-0.2, -0.15) is 0 Å². The topological polar surface area (TPSA) is 98.8 Å². The van der Waals surface area contributed by atoms with E-state index in [1.165, 1.54) is 0 Å². The van der Waals surface area contributed by atoms with Gasteiger partial charge in [0.15, 0.2) is 0 Å². The van der Waals surface area contributed by atoms with Gasteiger partial charge in [-0.25, -0.2) is 13.1 Å². The number of hydrogen-bond donors (Lipinski definition) is 2. The van der Waals surface area contributed by atoms with E-state index in [2.05, 4.69) is 14.9 Å². The van der Waals surface area contributed by atoms with Crippen molar-refractivity contribution in [2.75, 3.05) is 32.0 Å². The van der Waals surface area contributed by atoms with Crippen LogP contribution >= 0.6 is 0 Å². The SMILES string of the molecule is Cc1ccccc1C(=O)Nc1ccc(S(=O)(=O)N[C@H]2CCN(C(=O)[C@@H]3CCCN3C)C[C@@H]2C)c2ccccc12. The molecule has 0 aliphatic carbocycles. The van der Waals surface area contributed by atoms with Crippen molar-refractivity contribution >= 4 is 38.3 Å². The Bertz CT molecular complexity index is 1510. The van der Waals surface area contributed by atoms with Crippen LogP contribution in [-0.4, -0.2) is 68.8 Å².